The number of carbonyl (C=O) groups excluding carboxylic acids is 1. The van der Waals surface area contributed by atoms with Crippen molar-refractivity contribution < 1.29 is 19.6 Å². The molecule has 1 heterocycles. The lowest BCUT2D eigenvalue weighted by molar-refractivity contribution is -0.384. The zero-order chi connectivity index (χ0) is 15.7. The number of benzene rings is 1. The number of amides is 1. The first-order valence-corrected chi connectivity index (χ1v) is 6.65. The number of carboxylic acid groups (broad SMARTS) is 1. The normalized spacial score (nSPS) is 21.3. The van der Waals surface area contributed by atoms with Gasteiger partial charge in [-0.25, -0.2) is 0 Å². The molecule has 1 aliphatic rings. The van der Waals surface area contributed by atoms with Gasteiger partial charge in [0.05, 0.1) is 21.4 Å². The summed E-state index contributed by atoms with van der Waals surface area (Å²) in [5.41, 5.74) is -0.0599. The number of rotatable bonds is 3. The van der Waals surface area contributed by atoms with E-state index in [1.165, 1.54) is 17.0 Å². The van der Waals surface area contributed by atoms with Crippen molar-refractivity contribution in [3.8, 4) is 0 Å². The van der Waals surface area contributed by atoms with Crippen LogP contribution in [0.25, 0.3) is 0 Å². The van der Waals surface area contributed by atoms with Crippen LogP contribution in [0.3, 0.4) is 0 Å². The molecule has 1 aromatic rings. The number of likely N-dealkylation sites (tertiary alicyclic amines) is 1. The fourth-order valence-electron chi connectivity index (χ4n) is 2.42. The summed E-state index contributed by atoms with van der Waals surface area (Å²) in [6.07, 6.45) is 0. The molecule has 112 valence electrons. The van der Waals surface area contributed by atoms with Gasteiger partial charge in [0.2, 0.25) is 0 Å². The number of non-ortho nitro benzene ring substituents is 1. The highest BCUT2D eigenvalue weighted by Gasteiger charge is 2.37. The molecule has 0 saturated carbocycles. The minimum Gasteiger partial charge on any atom is -0.481 e. The zero-order valence-electron chi connectivity index (χ0n) is 11.2. The lowest BCUT2D eigenvalue weighted by Crippen LogP contribution is -2.30. The molecule has 2 atom stereocenters. The Morgan fingerprint density at radius 2 is 2.10 bits per heavy atom. The minimum atomic E-state index is -0.937. The molecule has 0 aromatic heterocycles. The summed E-state index contributed by atoms with van der Waals surface area (Å²) < 4.78 is 0. The Bertz CT molecular complexity index is 619. The maximum absolute atomic E-state index is 12.3. The molecular weight excluding hydrogens is 300 g/mol. The first-order chi connectivity index (χ1) is 9.81. The molecule has 2 unspecified atom stereocenters. The van der Waals surface area contributed by atoms with E-state index in [9.17, 15) is 19.7 Å². The van der Waals surface area contributed by atoms with Crippen LogP contribution in [-0.4, -0.2) is 39.9 Å². The van der Waals surface area contributed by atoms with Gasteiger partial charge in [-0.3, -0.25) is 19.7 Å². The van der Waals surface area contributed by atoms with Gasteiger partial charge in [0.1, 0.15) is 0 Å². The van der Waals surface area contributed by atoms with Crippen molar-refractivity contribution in [1.29, 1.82) is 0 Å². The Labute approximate surface area is 125 Å². The molecule has 21 heavy (non-hydrogen) atoms. The van der Waals surface area contributed by atoms with Crippen molar-refractivity contribution in [2.75, 3.05) is 13.1 Å². The highest BCUT2D eigenvalue weighted by molar-refractivity contribution is 6.34. The third-order valence-corrected chi connectivity index (χ3v) is 3.92. The average Bonchev–Trinajstić information content (AvgIpc) is 2.80. The average molecular weight is 313 g/mol. The predicted molar refractivity (Wildman–Crippen MR) is 74.3 cm³/mol. The second-order valence-electron chi connectivity index (χ2n) is 5.05. The van der Waals surface area contributed by atoms with Crippen LogP contribution in [-0.2, 0) is 4.79 Å². The first-order valence-electron chi connectivity index (χ1n) is 6.27. The molecule has 1 N–H and O–H groups in total. The number of nitrogens with zero attached hydrogens (tertiary/aromatic N) is 2. The molecule has 0 aliphatic carbocycles. The highest BCUT2D eigenvalue weighted by atomic mass is 35.5. The van der Waals surface area contributed by atoms with Crippen molar-refractivity contribution in [3.05, 3.63) is 38.9 Å². The van der Waals surface area contributed by atoms with E-state index in [0.29, 0.717) is 6.54 Å². The van der Waals surface area contributed by atoms with Crippen LogP contribution < -0.4 is 0 Å². The Kier molecular flexibility index (Phi) is 4.13. The molecule has 1 aromatic carbocycles. The SMILES string of the molecule is CC1CN(C(=O)c2ccc([N+](=O)[O-])cc2Cl)CC1C(=O)O. The third-order valence-electron chi connectivity index (χ3n) is 3.61. The van der Waals surface area contributed by atoms with Crippen LogP contribution in [0.2, 0.25) is 5.02 Å². The van der Waals surface area contributed by atoms with Gasteiger partial charge in [-0.05, 0) is 12.0 Å². The summed E-state index contributed by atoms with van der Waals surface area (Å²) in [6, 6.07) is 3.61. The van der Waals surface area contributed by atoms with E-state index in [4.69, 9.17) is 16.7 Å². The largest absolute Gasteiger partial charge is 0.481 e. The number of halogens is 1. The van der Waals surface area contributed by atoms with Crippen LogP contribution >= 0.6 is 11.6 Å². The molecule has 8 heteroatoms. The molecule has 0 bridgehead atoms. The van der Waals surface area contributed by atoms with Gasteiger partial charge in [0, 0.05) is 25.2 Å². The molecule has 1 amide bonds. The van der Waals surface area contributed by atoms with Gasteiger partial charge in [-0.15, -0.1) is 0 Å². The number of nitro groups is 1. The van der Waals surface area contributed by atoms with Gasteiger partial charge in [-0.1, -0.05) is 18.5 Å². The zero-order valence-corrected chi connectivity index (χ0v) is 11.9. The summed E-state index contributed by atoms with van der Waals surface area (Å²) in [5.74, 6) is -2.10. The predicted octanol–water partition coefficient (Wildman–Crippen LogP) is 2.04. The quantitative estimate of drug-likeness (QED) is 0.680. The van der Waals surface area contributed by atoms with Gasteiger partial charge in [-0.2, -0.15) is 0 Å². The molecule has 1 fully saturated rings. The summed E-state index contributed by atoms with van der Waals surface area (Å²) in [5, 5.41) is 19.7. The summed E-state index contributed by atoms with van der Waals surface area (Å²) in [6.45, 7) is 2.20. The third kappa shape index (κ3) is 2.97. The number of carbonyl (C=O) groups is 2. The topological polar surface area (TPSA) is 101 Å². The number of aliphatic carboxylic acids is 1. The highest BCUT2D eigenvalue weighted by Crippen LogP contribution is 2.28. The van der Waals surface area contributed by atoms with E-state index < -0.39 is 22.7 Å². The lowest BCUT2D eigenvalue weighted by Gasteiger charge is -2.16. The van der Waals surface area contributed by atoms with E-state index in [0.717, 1.165) is 6.07 Å². The maximum atomic E-state index is 12.3. The van der Waals surface area contributed by atoms with E-state index in [1.54, 1.807) is 6.92 Å². The summed E-state index contributed by atoms with van der Waals surface area (Å²) >= 11 is 5.91. The monoisotopic (exact) mass is 312 g/mol. The molecular formula is C13H13ClN2O5. The Hall–Kier alpha value is -2.15. The maximum Gasteiger partial charge on any atom is 0.308 e. The Morgan fingerprint density at radius 1 is 1.43 bits per heavy atom. The fraction of sp³-hybridized carbons (Fsp3) is 0.385. The van der Waals surface area contributed by atoms with Crippen molar-refractivity contribution in [2.24, 2.45) is 11.8 Å². The van der Waals surface area contributed by atoms with Gasteiger partial charge < -0.3 is 10.0 Å². The number of hydrogen-bond donors (Lipinski definition) is 1. The second-order valence-corrected chi connectivity index (χ2v) is 5.46. The number of hydrogen-bond acceptors (Lipinski definition) is 4. The molecule has 0 spiro atoms. The summed E-state index contributed by atoms with van der Waals surface area (Å²) in [4.78, 5) is 34.9. The molecule has 1 aliphatic heterocycles. The van der Waals surface area contributed by atoms with Crippen LogP contribution in [0.4, 0.5) is 5.69 Å². The van der Waals surface area contributed by atoms with Gasteiger partial charge in [0.25, 0.3) is 11.6 Å². The van der Waals surface area contributed by atoms with Crippen molar-refractivity contribution in [3.63, 3.8) is 0 Å². The van der Waals surface area contributed by atoms with E-state index in [1.807, 2.05) is 0 Å². The van der Waals surface area contributed by atoms with Crippen molar-refractivity contribution in [1.82, 2.24) is 4.90 Å². The summed E-state index contributed by atoms with van der Waals surface area (Å²) in [7, 11) is 0. The fourth-order valence-corrected chi connectivity index (χ4v) is 2.67. The van der Waals surface area contributed by atoms with Gasteiger partial charge >= 0.3 is 5.97 Å². The molecule has 2 rings (SSSR count). The van der Waals surface area contributed by atoms with Crippen molar-refractivity contribution >= 4 is 29.2 Å². The van der Waals surface area contributed by atoms with Crippen LogP contribution in [0.15, 0.2) is 18.2 Å². The Morgan fingerprint density at radius 3 is 2.57 bits per heavy atom. The molecule has 7 nitrogen and oxygen atoms in total. The number of nitro benzene ring substituents is 1. The Balaban J connectivity index is 2.22. The first kappa shape index (κ1) is 15.2. The minimum absolute atomic E-state index is 0.0133. The molecule has 0 radical (unpaired) electrons. The van der Waals surface area contributed by atoms with Crippen LogP contribution in [0, 0.1) is 22.0 Å². The smallest absolute Gasteiger partial charge is 0.308 e. The van der Waals surface area contributed by atoms with Crippen LogP contribution in [0.5, 0.6) is 0 Å². The van der Waals surface area contributed by atoms with Crippen molar-refractivity contribution in [2.45, 2.75) is 6.92 Å². The standard InChI is InChI=1S/C13H13ClN2O5/c1-7-5-15(6-10(7)13(18)19)12(17)9-3-2-8(16(20)21)4-11(9)14/h2-4,7,10H,5-6H2,1H3,(H,18,19). The second kappa shape index (κ2) is 5.69. The van der Waals surface area contributed by atoms with E-state index in [-0.39, 0.29) is 28.7 Å². The molecule has 1 saturated heterocycles. The van der Waals surface area contributed by atoms with Crippen LogP contribution in [0.1, 0.15) is 17.3 Å². The van der Waals surface area contributed by atoms with Gasteiger partial charge in [0.15, 0.2) is 0 Å². The number of carboxylic acids is 1. The van der Waals surface area contributed by atoms with E-state index >= 15 is 0 Å². The lowest BCUT2D eigenvalue weighted by atomic mass is 9.99. The van der Waals surface area contributed by atoms with E-state index in [2.05, 4.69) is 0 Å².